The Morgan fingerprint density at radius 2 is 2.00 bits per heavy atom. The maximum atomic E-state index is 12.4. The first-order chi connectivity index (χ1) is 12.6. The van der Waals surface area contributed by atoms with Crippen LogP contribution in [0.3, 0.4) is 0 Å². The van der Waals surface area contributed by atoms with Crippen LogP contribution in [0, 0.1) is 6.92 Å². The van der Waals surface area contributed by atoms with Gasteiger partial charge in [0.05, 0.1) is 13.0 Å². The lowest BCUT2D eigenvalue weighted by atomic mass is 10.1. The molecule has 0 aliphatic carbocycles. The molecule has 2 aromatic carbocycles. The number of carbonyl (C=O) groups excluding carboxylic acids is 1. The van der Waals surface area contributed by atoms with Crippen LogP contribution in [0.4, 0.5) is 5.69 Å². The largest absolute Gasteiger partial charge is 0.497 e. The average molecular weight is 349 g/mol. The molecule has 1 unspecified atom stereocenters. The first-order valence-electron chi connectivity index (χ1n) is 8.49. The molecule has 6 nitrogen and oxygen atoms in total. The van der Waals surface area contributed by atoms with Gasteiger partial charge in [0.1, 0.15) is 5.75 Å². The highest BCUT2D eigenvalue weighted by molar-refractivity contribution is 5.96. The predicted molar refractivity (Wildman–Crippen MR) is 97.2 cm³/mol. The quantitative estimate of drug-likeness (QED) is 0.720. The second-order valence-corrected chi connectivity index (χ2v) is 6.43. The molecular weight excluding hydrogens is 330 g/mol. The van der Waals surface area contributed by atoms with Crippen LogP contribution in [0.2, 0.25) is 0 Å². The summed E-state index contributed by atoms with van der Waals surface area (Å²) in [7, 11) is 1.62. The van der Waals surface area contributed by atoms with Crippen LogP contribution in [0.5, 0.6) is 5.75 Å². The van der Waals surface area contributed by atoms with Gasteiger partial charge in [-0.1, -0.05) is 28.9 Å². The van der Waals surface area contributed by atoms with Crippen LogP contribution < -0.4 is 9.64 Å². The molecule has 4 rings (SSSR count). The van der Waals surface area contributed by atoms with Gasteiger partial charge in [-0.15, -0.1) is 0 Å². The van der Waals surface area contributed by atoms with Crippen molar-refractivity contribution in [3.05, 3.63) is 60.0 Å². The third-order valence-electron chi connectivity index (χ3n) is 4.58. The number of anilines is 1. The average Bonchev–Trinajstić information content (AvgIpc) is 3.29. The van der Waals surface area contributed by atoms with Crippen molar-refractivity contribution < 1.29 is 14.1 Å². The zero-order valence-corrected chi connectivity index (χ0v) is 14.7. The van der Waals surface area contributed by atoms with Gasteiger partial charge in [0.15, 0.2) is 0 Å². The van der Waals surface area contributed by atoms with E-state index in [4.69, 9.17) is 9.26 Å². The van der Waals surface area contributed by atoms with E-state index in [9.17, 15) is 4.79 Å². The van der Waals surface area contributed by atoms with Gasteiger partial charge in [-0.3, -0.25) is 4.79 Å². The normalized spacial score (nSPS) is 16.9. The van der Waals surface area contributed by atoms with Crippen LogP contribution in [-0.4, -0.2) is 29.7 Å². The Kier molecular flexibility index (Phi) is 4.16. The minimum Gasteiger partial charge on any atom is -0.497 e. The summed E-state index contributed by atoms with van der Waals surface area (Å²) in [5.41, 5.74) is 2.89. The Labute approximate surface area is 151 Å². The zero-order valence-electron chi connectivity index (χ0n) is 14.7. The van der Waals surface area contributed by atoms with Crippen molar-refractivity contribution in [2.45, 2.75) is 19.3 Å². The van der Waals surface area contributed by atoms with Gasteiger partial charge in [-0.05, 0) is 37.3 Å². The molecule has 1 amide bonds. The Balaban J connectivity index is 1.53. The predicted octanol–water partition coefficient (Wildman–Crippen LogP) is 3.57. The molecular formula is C20H19N3O3. The number of rotatable bonds is 4. The number of nitrogens with zero attached hydrogens (tertiary/aromatic N) is 3. The molecule has 1 saturated heterocycles. The van der Waals surface area contributed by atoms with Crippen LogP contribution in [0.15, 0.2) is 53.1 Å². The third-order valence-corrected chi connectivity index (χ3v) is 4.58. The monoisotopic (exact) mass is 349 g/mol. The van der Waals surface area contributed by atoms with Gasteiger partial charge in [-0.2, -0.15) is 4.98 Å². The fourth-order valence-corrected chi connectivity index (χ4v) is 3.19. The number of benzene rings is 2. The summed E-state index contributed by atoms with van der Waals surface area (Å²) in [6, 6.07) is 15.4. The number of hydrogen-bond acceptors (Lipinski definition) is 5. The molecule has 1 aliphatic heterocycles. The molecule has 1 fully saturated rings. The van der Waals surface area contributed by atoms with E-state index in [0.717, 1.165) is 22.6 Å². The summed E-state index contributed by atoms with van der Waals surface area (Å²) in [6.45, 7) is 2.55. The summed E-state index contributed by atoms with van der Waals surface area (Å²) in [5.74, 6) is 1.77. The number of aromatic nitrogens is 2. The highest BCUT2D eigenvalue weighted by Gasteiger charge is 2.35. The third kappa shape index (κ3) is 3.06. The topological polar surface area (TPSA) is 68.5 Å². The van der Waals surface area contributed by atoms with E-state index < -0.39 is 0 Å². The summed E-state index contributed by atoms with van der Waals surface area (Å²) in [6.07, 6.45) is 0.363. The second-order valence-electron chi connectivity index (χ2n) is 6.43. The molecule has 0 saturated carbocycles. The number of methoxy groups -OCH3 is 1. The summed E-state index contributed by atoms with van der Waals surface area (Å²) in [4.78, 5) is 18.7. The van der Waals surface area contributed by atoms with Crippen LogP contribution in [0.1, 0.15) is 23.8 Å². The molecule has 0 spiro atoms. The van der Waals surface area contributed by atoms with E-state index in [0.29, 0.717) is 24.7 Å². The molecule has 1 aliphatic rings. The highest BCUT2D eigenvalue weighted by atomic mass is 16.5. The molecule has 3 aromatic rings. The van der Waals surface area contributed by atoms with Crippen LogP contribution >= 0.6 is 0 Å². The van der Waals surface area contributed by atoms with Gasteiger partial charge < -0.3 is 14.2 Å². The van der Waals surface area contributed by atoms with Crippen molar-refractivity contribution in [1.29, 1.82) is 0 Å². The fraction of sp³-hybridized carbons (Fsp3) is 0.250. The Bertz CT molecular complexity index is 933. The van der Waals surface area contributed by atoms with E-state index >= 15 is 0 Å². The van der Waals surface area contributed by atoms with Gasteiger partial charge in [-0.25, -0.2) is 0 Å². The van der Waals surface area contributed by atoms with E-state index in [-0.39, 0.29) is 11.8 Å². The van der Waals surface area contributed by atoms with Gasteiger partial charge in [0.2, 0.25) is 17.6 Å². The first-order valence-corrected chi connectivity index (χ1v) is 8.49. The van der Waals surface area contributed by atoms with Crippen molar-refractivity contribution in [3.63, 3.8) is 0 Å². The minimum atomic E-state index is -0.101. The lowest BCUT2D eigenvalue weighted by Crippen LogP contribution is -2.24. The maximum Gasteiger partial charge on any atom is 0.232 e. The van der Waals surface area contributed by atoms with Crippen LogP contribution in [-0.2, 0) is 4.79 Å². The SMILES string of the molecule is COc1ccc(N2CC(c3nc(-c4cccc(C)c4)no3)CC2=O)cc1. The molecule has 0 N–H and O–H groups in total. The van der Waals surface area contributed by atoms with E-state index in [2.05, 4.69) is 10.1 Å². The first kappa shape index (κ1) is 16.3. The van der Waals surface area contributed by atoms with E-state index in [1.165, 1.54) is 0 Å². The van der Waals surface area contributed by atoms with Gasteiger partial charge >= 0.3 is 0 Å². The molecule has 132 valence electrons. The Morgan fingerprint density at radius 1 is 1.19 bits per heavy atom. The lowest BCUT2D eigenvalue weighted by Gasteiger charge is -2.16. The molecule has 1 atom stereocenters. The van der Waals surface area contributed by atoms with Crippen molar-refractivity contribution in [1.82, 2.24) is 10.1 Å². The van der Waals surface area contributed by atoms with Crippen molar-refractivity contribution in [3.8, 4) is 17.1 Å². The molecule has 26 heavy (non-hydrogen) atoms. The van der Waals surface area contributed by atoms with Gasteiger partial charge in [0, 0.05) is 24.2 Å². The molecule has 6 heteroatoms. The highest BCUT2D eigenvalue weighted by Crippen LogP contribution is 2.32. The Morgan fingerprint density at radius 3 is 2.73 bits per heavy atom. The summed E-state index contributed by atoms with van der Waals surface area (Å²) in [5, 5.41) is 4.09. The van der Waals surface area contributed by atoms with E-state index in [1.807, 2.05) is 55.5 Å². The van der Waals surface area contributed by atoms with Crippen molar-refractivity contribution in [2.24, 2.45) is 0 Å². The Hall–Kier alpha value is -3.15. The summed E-state index contributed by atoms with van der Waals surface area (Å²) >= 11 is 0. The number of amides is 1. The number of ether oxygens (including phenoxy) is 1. The van der Waals surface area contributed by atoms with Gasteiger partial charge in [0.25, 0.3) is 0 Å². The molecule has 2 heterocycles. The molecule has 1 aromatic heterocycles. The fourth-order valence-electron chi connectivity index (χ4n) is 3.19. The minimum absolute atomic E-state index is 0.0514. The summed E-state index contributed by atoms with van der Waals surface area (Å²) < 4.78 is 10.6. The molecule has 0 bridgehead atoms. The standard InChI is InChI=1S/C20H19N3O3/c1-13-4-3-5-14(10-13)19-21-20(26-22-19)15-11-18(24)23(12-15)16-6-8-17(25-2)9-7-16/h3-10,15H,11-12H2,1-2H3. The van der Waals surface area contributed by atoms with Crippen LogP contribution in [0.25, 0.3) is 11.4 Å². The molecule has 0 radical (unpaired) electrons. The number of carbonyl (C=O) groups is 1. The second kappa shape index (κ2) is 6.63. The smallest absolute Gasteiger partial charge is 0.232 e. The zero-order chi connectivity index (χ0) is 18.1. The maximum absolute atomic E-state index is 12.4. The number of aryl methyl sites for hydroxylation is 1. The van der Waals surface area contributed by atoms with Crippen molar-refractivity contribution in [2.75, 3.05) is 18.6 Å². The number of hydrogen-bond donors (Lipinski definition) is 0. The van der Waals surface area contributed by atoms with Crippen molar-refractivity contribution >= 4 is 11.6 Å². The lowest BCUT2D eigenvalue weighted by molar-refractivity contribution is -0.117. The van der Waals surface area contributed by atoms with E-state index in [1.54, 1.807) is 12.0 Å².